The zero-order valence-corrected chi connectivity index (χ0v) is 20.0. The molecule has 0 bridgehead atoms. The van der Waals surface area contributed by atoms with Crippen LogP contribution in [0.5, 0.6) is 0 Å². The van der Waals surface area contributed by atoms with Crippen LogP contribution >= 0.6 is 11.9 Å². The summed E-state index contributed by atoms with van der Waals surface area (Å²) in [6, 6.07) is 6.54. The van der Waals surface area contributed by atoms with Gasteiger partial charge in [-0.3, -0.25) is 0 Å². The minimum atomic E-state index is -0.208. The van der Waals surface area contributed by atoms with E-state index < -0.39 is 0 Å². The maximum absolute atomic E-state index is 5.92. The van der Waals surface area contributed by atoms with Crippen LogP contribution in [-0.2, 0) is 24.1 Å². The molecular weight excluding hydrogens is 408 g/mol. The van der Waals surface area contributed by atoms with Gasteiger partial charge in [-0.15, -0.1) is 0 Å². The molecule has 0 aliphatic carbocycles. The molecule has 0 radical (unpaired) electrons. The third-order valence-corrected chi connectivity index (χ3v) is 6.85. The lowest BCUT2D eigenvalue weighted by Gasteiger charge is -2.36. The molecule has 1 aromatic heterocycles. The van der Waals surface area contributed by atoms with Gasteiger partial charge in [-0.1, -0.05) is 23.2 Å². The topological polar surface area (TPSA) is 54.6 Å². The van der Waals surface area contributed by atoms with Crippen LogP contribution in [0, 0.1) is 5.92 Å². The maximum atomic E-state index is 5.92. The Morgan fingerprint density at radius 1 is 1.23 bits per heavy atom. The molecule has 0 saturated carbocycles. The second-order valence-electron chi connectivity index (χ2n) is 9.54. The van der Waals surface area contributed by atoms with Crippen LogP contribution in [0.4, 0.5) is 0 Å². The van der Waals surface area contributed by atoms with Crippen LogP contribution in [0.1, 0.15) is 50.6 Å². The summed E-state index contributed by atoms with van der Waals surface area (Å²) in [5, 5.41) is 4.27. The summed E-state index contributed by atoms with van der Waals surface area (Å²) in [7, 11) is 0. The van der Waals surface area contributed by atoms with Crippen molar-refractivity contribution in [1.29, 1.82) is 0 Å². The fourth-order valence-corrected chi connectivity index (χ4v) is 4.87. The van der Waals surface area contributed by atoms with Gasteiger partial charge in [0, 0.05) is 38.2 Å². The number of nitrogens with zero attached hydrogens (tertiary/aromatic N) is 4. The van der Waals surface area contributed by atoms with Crippen molar-refractivity contribution in [2.75, 3.05) is 25.9 Å². The fraction of sp³-hybridized carbons (Fsp3) is 0.583. The monoisotopic (exact) mass is 442 g/mol. The highest BCUT2D eigenvalue weighted by Gasteiger charge is 2.25. The largest absolute Gasteiger partial charge is 0.474 e. The van der Waals surface area contributed by atoms with Crippen LogP contribution in [0.3, 0.4) is 0 Å². The zero-order chi connectivity index (χ0) is 22.0. The molecule has 2 aliphatic rings. The fourth-order valence-electron chi connectivity index (χ4n) is 4.33. The Hall–Kier alpha value is -1.99. The van der Waals surface area contributed by atoms with Crippen LogP contribution in [-0.4, -0.2) is 50.8 Å². The van der Waals surface area contributed by atoms with Gasteiger partial charge < -0.3 is 14.2 Å². The maximum Gasteiger partial charge on any atom is 0.257 e. The van der Waals surface area contributed by atoms with E-state index in [0.717, 1.165) is 69.1 Å². The van der Waals surface area contributed by atoms with Gasteiger partial charge in [0.05, 0.1) is 0 Å². The van der Waals surface area contributed by atoms with Crippen LogP contribution in [0.2, 0.25) is 0 Å². The number of fused-ring (bicyclic) bond motifs is 1. The van der Waals surface area contributed by atoms with E-state index in [-0.39, 0.29) is 5.60 Å². The summed E-state index contributed by atoms with van der Waals surface area (Å²) in [5.74, 6) is 2.78. The number of benzene rings is 1. The highest BCUT2D eigenvalue weighted by atomic mass is 32.2. The van der Waals surface area contributed by atoms with Gasteiger partial charge >= 0.3 is 0 Å². The lowest BCUT2D eigenvalue weighted by molar-refractivity contribution is -0.00551. The molecule has 168 valence electrons. The normalized spacial score (nSPS) is 18.1. The molecule has 4 rings (SSSR count). The van der Waals surface area contributed by atoms with Gasteiger partial charge in [0.1, 0.15) is 5.60 Å². The van der Waals surface area contributed by atoms with Crippen LogP contribution in [0.15, 0.2) is 35.2 Å². The Kier molecular flexibility index (Phi) is 6.63. The Balaban J connectivity index is 1.33. The average molecular weight is 443 g/mol. The molecule has 2 aromatic rings. The molecule has 7 heteroatoms. The van der Waals surface area contributed by atoms with Gasteiger partial charge in [0.2, 0.25) is 0 Å². The van der Waals surface area contributed by atoms with Crippen LogP contribution < -0.4 is 0 Å². The highest BCUT2D eigenvalue weighted by molar-refractivity contribution is 7.96. The third-order valence-electron chi connectivity index (χ3n) is 6.02. The number of hydrogen-bond donors (Lipinski definition) is 0. The summed E-state index contributed by atoms with van der Waals surface area (Å²) in [6.45, 7) is 14.3. The van der Waals surface area contributed by atoms with Crippen molar-refractivity contribution in [3.63, 3.8) is 0 Å². The van der Waals surface area contributed by atoms with Gasteiger partial charge in [0.15, 0.2) is 11.7 Å². The van der Waals surface area contributed by atoms with E-state index in [1.807, 2.05) is 11.9 Å². The summed E-state index contributed by atoms with van der Waals surface area (Å²) < 4.78 is 13.9. The lowest BCUT2D eigenvalue weighted by Crippen LogP contribution is -2.36. The first-order valence-corrected chi connectivity index (χ1v) is 12.4. The van der Waals surface area contributed by atoms with E-state index in [4.69, 9.17) is 14.2 Å². The van der Waals surface area contributed by atoms with E-state index in [1.54, 1.807) is 0 Å². The Morgan fingerprint density at radius 2 is 2.00 bits per heavy atom. The highest BCUT2D eigenvalue weighted by Crippen LogP contribution is 2.29. The molecule has 0 atom stereocenters. The standard InChI is InChI=1S/C24H34N4O2S/c1-17(29-24(2,3)4)27-11-8-18(9-12-27)14-22-25-23(30-26-22)20-6-7-21-16-28(31-5)13-10-19(21)15-20/h6-7,15,18H,1,8-14,16H2,2-5H3. The average Bonchev–Trinajstić information content (AvgIpc) is 3.20. The van der Waals surface area contributed by atoms with Gasteiger partial charge in [0.25, 0.3) is 5.89 Å². The number of ether oxygens (including phenoxy) is 1. The number of hydrogen-bond acceptors (Lipinski definition) is 7. The predicted octanol–water partition coefficient (Wildman–Crippen LogP) is 4.91. The molecule has 6 nitrogen and oxygen atoms in total. The molecule has 31 heavy (non-hydrogen) atoms. The molecule has 3 heterocycles. The Bertz CT molecular complexity index is 913. The van der Waals surface area contributed by atoms with Crippen molar-refractivity contribution in [3.8, 4) is 11.5 Å². The summed E-state index contributed by atoms with van der Waals surface area (Å²) in [5.41, 5.74) is 3.61. The molecule has 1 fully saturated rings. The Morgan fingerprint density at radius 3 is 2.71 bits per heavy atom. The quantitative estimate of drug-likeness (QED) is 0.465. The van der Waals surface area contributed by atoms with Crippen molar-refractivity contribution in [3.05, 3.63) is 47.6 Å². The number of rotatable bonds is 6. The summed E-state index contributed by atoms with van der Waals surface area (Å²) in [6.07, 6.45) is 6.23. The number of aromatic nitrogens is 2. The number of piperidine rings is 1. The lowest BCUT2D eigenvalue weighted by atomic mass is 9.93. The molecule has 0 spiro atoms. The van der Waals surface area contributed by atoms with E-state index in [2.05, 4.69) is 66.2 Å². The van der Waals surface area contributed by atoms with E-state index in [1.165, 1.54) is 11.1 Å². The summed E-state index contributed by atoms with van der Waals surface area (Å²) >= 11 is 1.81. The predicted molar refractivity (Wildman–Crippen MR) is 125 cm³/mol. The summed E-state index contributed by atoms with van der Waals surface area (Å²) in [4.78, 5) is 6.95. The van der Waals surface area contributed by atoms with Crippen molar-refractivity contribution in [1.82, 2.24) is 19.3 Å². The minimum absolute atomic E-state index is 0.208. The number of likely N-dealkylation sites (tertiary alicyclic amines) is 1. The van der Waals surface area contributed by atoms with Crippen molar-refractivity contribution in [2.24, 2.45) is 5.92 Å². The first-order chi connectivity index (χ1) is 14.8. The molecular formula is C24H34N4O2S. The van der Waals surface area contributed by atoms with E-state index >= 15 is 0 Å². The SMILES string of the molecule is C=C(OC(C)(C)C)N1CCC(Cc2noc(-c3ccc4c(c3)CCN(SC)C4)n2)CC1. The second-order valence-corrected chi connectivity index (χ2v) is 10.4. The minimum Gasteiger partial charge on any atom is -0.474 e. The molecule has 2 aliphatic heterocycles. The first-order valence-electron chi connectivity index (χ1n) is 11.2. The van der Waals surface area contributed by atoms with Gasteiger partial charge in [-0.25, -0.2) is 4.31 Å². The van der Waals surface area contributed by atoms with E-state index in [9.17, 15) is 0 Å². The zero-order valence-electron chi connectivity index (χ0n) is 19.2. The van der Waals surface area contributed by atoms with E-state index in [0.29, 0.717) is 11.8 Å². The molecule has 1 aromatic carbocycles. The molecule has 0 N–H and O–H groups in total. The third kappa shape index (κ3) is 5.63. The smallest absolute Gasteiger partial charge is 0.257 e. The van der Waals surface area contributed by atoms with Crippen molar-refractivity contribution < 1.29 is 9.26 Å². The first kappa shape index (κ1) is 22.2. The van der Waals surface area contributed by atoms with Gasteiger partial charge in [-0.2, -0.15) is 4.98 Å². The van der Waals surface area contributed by atoms with Crippen LogP contribution in [0.25, 0.3) is 11.5 Å². The van der Waals surface area contributed by atoms with Crippen molar-refractivity contribution in [2.45, 2.75) is 58.6 Å². The van der Waals surface area contributed by atoms with Gasteiger partial charge in [-0.05, 0) is 82.0 Å². The Labute approximate surface area is 190 Å². The molecule has 0 unspecified atom stereocenters. The second kappa shape index (κ2) is 9.25. The molecule has 0 amide bonds. The van der Waals surface area contributed by atoms with Crippen molar-refractivity contribution >= 4 is 11.9 Å². The molecule has 1 saturated heterocycles.